The minimum Gasteiger partial charge on any atom is -0.300 e. The summed E-state index contributed by atoms with van der Waals surface area (Å²) in [5.41, 5.74) is 0.766. The Balaban J connectivity index is 1.63. The van der Waals surface area contributed by atoms with E-state index in [4.69, 9.17) is 0 Å². The third-order valence-electron chi connectivity index (χ3n) is 8.49. The van der Waals surface area contributed by atoms with E-state index in [1.54, 1.807) is 0 Å². The minimum absolute atomic E-state index is 0.296. The zero-order valence-electron chi connectivity index (χ0n) is 14.7. The van der Waals surface area contributed by atoms with Gasteiger partial charge in [-0.3, -0.25) is 9.69 Å². The Hall–Kier alpha value is -0.370. The van der Waals surface area contributed by atoms with E-state index in [1.807, 2.05) is 6.92 Å². The van der Waals surface area contributed by atoms with Crippen LogP contribution in [0.25, 0.3) is 0 Å². The molecule has 0 aromatic rings. The van der Waals surface area contributed by atoms with Crippen LogP contribution in [0.15, 0.2) is 0 Å². The molecule has 4 aliphatic rings. The molecule has 2 saturated heterocycles. The average Bonchev–Trinajstić information content (AvgIpc) is 2.84. The van der Waals surface area contributed by atoms with E-state index in [2.05, 4.69) is 18.7 Å². The predicted molar refractivity (Wildman–Crippen MR) is 89.7 cm³/mol. The van der Waals surface area contributed by atoms with E-state index in [9.17, 15) is 4.79 Å². The molecule has 124 valence electrons. The van der Waals surface area contributed by atoms with Gasteiger partial charge in [-0.1, -0.05) is 19.8 Å². The van der Waals surface area contributed by atoms with Crippen LogP contribution in [0.5, 0.6) is 0 Å². The van der Waals surface area contributed by atoms with Crippen LogP contribution >= 0.6 is 0 Å². The zero-order valence-corrected chi connectivity index (χ0v) is 14.7. The highest BCUT2D eigenvalue weighted by molar-refractivity contribution is 5.79. The molecule has 22 heavy (non-hydrogen) atoms. The molecular weight excluding hydrogens is 270 g/mol. The van der Waals surface area contributed by atoms with Crippen molar-refractivity contribution in [1.29, 1.82) is 0 Å². The van der Waals surface area contributed by atoms with Gasteiger partial charge in [0, 0.05) is 17.5 Å². The van der Waals surface area contributed by atoms with Crippen molar-refractivity contribution in [2.24, 2.45) is 23.2 Å². The monoisotopic (exact) mass is 303 g/mol. The van der Waals surface area contributed by atoms with Crippen molar-refractivity contribution in [3.05, 3.63) is 0 Å². The number of nitrogens with zero attached hydrogens (tertiary/aromatic N) is 1. The van der Waals surface area contributed by atoms with Crippen LogP contribution in [-0.4, -0.2) is 28.8 Å². The molecule has 0 aromatic carbocycles. The summed E-state index contributed by atoms with van der Waals surface area (Å²) >= 11 is 0. The molecule has 6 unspecified atom stereocenters. The topological polar surface area (TPSA) is 20.3 Å². The summed E-state index contributed by atoms with van der Waals surface area (Å²) < 4.78 is 0. The summed E-state index contributed by atoms with van der Waals surface area (Å²) in [4.78, 5) is 15.1. The predicted octanol–water partition coefficient (Wildman–Crippen LogP) is 4.42. The summed E-state index contributed by atoms with van der Waals surface area (Å²) in [6.45, 7) is 8.10. The third-order valence-corrected chi connectivity index (χ3v) is 8.49. The lowest BCUT2D eigenvalue weighted by atomic mass is 9.59. The normalized spacial score (nSPS) is 51.8. The summed E-state index contributed by atoms with van der Waals surface area (Å²) in [6.07, 6.45) is 12.3. The SMILES string of the molecule is CC(=O)C1CCC2C3CCC4CCCCC4(C)N3CCC12C. The molecule has 0 amide bonds. The third kappa shape index (κ3) is 1.92. The number of fused-ring (bicyclic) bond motifs is 5. The standard InChI is InChI=1S/C20H33NO/c1-14(22)16-8-9-17-18-10-7-15-6-4-5-11-20(15,3)21(18)13-12-19(16,17)2/h15-18H,4-13H2,1-3H3. The van der Waals surface area contributed by atoms with Crippen molar-refractivity contribution in [3.63, 3.8) is 0 Å². The molecule has 0 spiro atoms. The van der Waals surface area contributed by atoms with Gasteiger partial charge in [-0.25, -0.2) is 0 Å². The van der Waals surface area contributed by atoms with Crippen LogP contribution in [0, 0.1) is 23.2 Å². The van der Waals surface area contributed by atoms with E-state index in [0.717, 1.165) is 24.3 Å². The highest BCUT2D eigenvalue weighted by Crippen LogP contribution is 2.59. The van der Waals surface area contributed by atoms with Crippen molar-refractivity contribution >= 4 is 5.78 Å². The second-order valence-electron chi connectivity index (χ2n) is 9.24. The molecule has 2 saturated carbocycles. The number of piperidine rings is 2. The van der Waals surface area contributed by atoms with Crippen LogP contribution in [0.4, 0.5) is 0 Å². The molecule has 4 fully saturated rings. The molecule has 2 aliphatic carbocycles. The van der Waals surface area contributed by atoms with E-state index in [-0.39, 0.29) is 0 Å². The lowest BCUT2D eigenvalue weighted by Gasteiger charge is -2.62. The van der Waals surface area contributed by atoms with Crippen LogP contribution in [0.3, 0.4) is 0 Å². The van der Waals surface area contributed by atoms with Gasteiger partial charge in [-0.15, -0.1) is 0 Å². The fraction of sp³-hybridized carbons (Fsp3) is 0.950. The smallest absolute Gasteiger partial charge is 0.133 e. The summed E-state index contributed by atoms with van der Waals surface area (Å²) in [7, 11) is 0. The average molecular weight is 303 g/mol. The van der Waals surface area contributed by atoms with Crippen molar-refractivity contribution in [2.75, 3.05) is 6.54 Å². The molecule has 2 heteroatoms. The molecule has 0 bridgehead atoms. The van der Waals surface area contributed by atoms with Gasteiger partial charge < -0.3 is 0 Å². The van der Waals surface area contributed by atoms with E-state index < -0.39 is 0 Å². The van der Waals surface area contributed by atoms with Crippen LogP contribution in [0.1, 0.15) is 78.6 Å². The Morgan fingerprint density at radius 2 is 1.82 bits per heavy atom. The Kier molecular flexibility index (Phi) is 3.49. The van der Waals surface area contributed by atoms with Gasteiger partial charge in [-0.05, 0) is 82.6 Å². The van der Waals surface area contributed by atoms with E-state index >= 15 is 0 Å². The Bertz CT molecular complexity index is 474. The highest BCUT2D eigenvalue weighted by atomic mass is 16.1. The molecule has 0 radical (unpaired) electrons. The number of ketones is 1. The number of carbonyl (C=O) groups is 1. The lowest BCUT2D eigenvalue weighted by molar-refractivity contribution is -0.139. The second-order valence-corrected chi connectivity index (χ2v) is 9.24. The largest absolute Gasteiger partial charge is 0.300 e. The van der Waals surface area contributed by atoms with Crippen LogP contribution in [0.2, 0.25) is 0 Å². The first-order valence-electron chi connectivity index (χ1n) is 9.74. The number of hydrogen-bond donors (Lipinski definition) is 0. The van der Waals surface area contributed by atoms with Gasteiger partial charge in [-0.2, -0.15) is 0 Å². The number of Topliss-reactive ketones (excluding diaryl/α,β-unsaturated/α-hetero) is 1. The maximum absolute atomic E-state index is 12.1. The molecule has 4 rings (SSSR count). The van der Waals surface area contributed by atoms with Crippen molar-refractivity contribution in [1.82, 2.24) is 4.90 Å². The molecule has 6 atom stereocenters. The Morgan fingerprint density at radius 3 is 2.59 bits per heavy atom. The van der Waals surface area contributed by atoms with Crippen LogP contribution in [-0.2, 0) is 4.79 Å². The van der Waals surface area contributed by atoms with Gasteiger partial charge >= 0.3 is 0 Å². The Morgan fingerprint density at radius 1 is 1.00 bits per heavy atom. The molecule has 2 nitrogen and oxygen atoms in total. The molecule has 2 heterocycles. The van der Waals surface area contributed by atoms with Crippen molar-refractivity contribution in [3.8, 4) is 0 Å². The first kappa shape index (κ1) is 15.2. The number of rotatable bonds is 1. The first-order chi connectivity index (χ1) is 10.5. The van der Waals surface area contributed by atoms with Gasteiger partial charge in [0.15, 0.2) is 0 Å². The molecular formula is C20H33NO. The molecule has 0 aromatic heterocycles. The quantitative estimate of drug-likeness (QED) is 0.714. The van der Waals surface area contributed by atoms with Gasteiger partial charge in [0.25, 0.3) is 0 Å². The van der Waals surface area contributed by atoms with Crippen molar-refractivity contribution < 1.29 is 4.79 Å². The maximum Gasteiger partial charge on any atom is 0.133 e. The summed E-state index contributed by atoms with van der Waals surface area (Å²) in [6, 6.07) is 0.766. The second kappa shape index (κ2) is 5.06. The fourth-order valence-electron chi connectivity index (χ4n) is 7.25. The van der Waals surface area contributed by atoms with Gasteiger partial charge in [0.05, 0.1) is 0 Å². The van der Waals surface area contributed by atoms with E-state index in [1.165, 1.54) is 57.9 Å². The summed E-state index contributed by atoms with van der Waals surface area (Å²) in [5, 5.41) is 0. The Labute approximate surface area is 136 Å². The fourth-order valence-corrected chi connectivity index (χ4v) is 7.25. The zero-order chi connectivity index (χ0) is 15.5. The molecule has 0 N–H and O–H groups in total. The number of hydrogen-bond acceptors (Lipinski definition) is 2. The number of carbonyl (C=O) groups excluding carboxylic acids is 1. The van der Waals surface area contributed by atoms with Crippen LogP contribution < -0.4 is 0 Å². The molecule has 2 aliphatic heterocycles. The summed E-state index contributed by atoms with van der Waals surface area (Å²) in [5.74, 6) is 2.51. The highest BCUT2D eigenvalue weighted by Gasteiger charge is 2.59. The van der Waals surface area contributed by atoms with Gasteiger partial charge in [0.2, 0.25) is 0 Å². The first-order valence-corrected chi connectivity index (χ1v) is 9.74. The van der Waals surface area contributed by atoms with E-state index in [0.29, 0.717) is 22.7 Å². The van der Waals surface area contributed by atoms with Crippen molar-refractivity contribution in [2.45, 2.75) is 90.1 Å². The van der Waals surface area contributed by atoms with Gasteiger partial charge in [0.1, 0.15) is 5.78 Å². The maximum atomic E-state index is 12.1. The minimum atomic E-state index is 0.296. The lowest BCUT2D eigenvalue weighted by Crippen LogP contribution is -2.66.